The topological polar surface area (TPSA) is 57.6 Å². The Kier molecular flexibility index (Phi) is 3.11. The van der Waals surface area contributed by atoms with Crippen molar-refractivity contribution in [3.8, 4) is 0 Å². The van der Waals surface area contributed by atoms with Gasteiger partial charge in [-0.25, -0.2) is 4.79 Å². The van der Waals surface area contributed by atoms with E-state index in [1.165, 1.54) is 4.90 Å². The van der Waals surface area contributed by atoms with Crippen LogP contribution in [0.15, 0.2) is 30.3 Å². The predicted octanol–water partition coefficient (Wildman–Crippen LogP) is 2.33. The molecular formula is C14H17NO3. The number of hydrogen-bond acceptors (Lipinski definition) is 2. The summed E-state index contributed by atoms with van der Waals surface area (Å²) in [5.74, 6) is 0.00116. The van der Waals surface area contributed by atoms with Crippen LogP contribution in [0.25, 0.3) is 0 Å². The van der Waals surface area contributed by atoms with Crippen LogP contribution in [0.3, 0.4) is 0 Å². The van der Waals surface area contributed by atoms with Gasteiger partial charge in [-0.3, -0.25) is 9.69 Å². The summed E-state index contributed by atoms with van der Waals surface area (Å²) in [7, 11) is 0. The predicted molar refractivity (Wildman–Crippen MR) is 67.5 cm³/mol. The van der Waals surface area contributed by atoms with Gasteiger partial charge in [0.25, 0.3) is 0 Å². The Balaban J connectivity index is 2.32. The first-order chi connectivity index (χ1) is 8.45. The number of benzene rings is 1. The van der Waals surface area contributed by atoms with Crippen molar-refractivity contribution in [2.24, 2.45) is 0 Å². The lowest BCUT2D eigenvalue weighted by Crippen LogP contribution is -2.52. The van der Waals surface area contributed by atoms with Gasteiger partial charge in [0.2, 0.25) is 0 Å². The van der Waals surface area contributed by atoms with E-state index in [2.05, 4.69) is 0 Å². The molecule has 1 fully saturated rings. The van der Waals surface area contributed by atoms with Crippen LogP contribution in [-0.4, -0.2) is 33.5 Å². The zero-order chi connectivity index (χ0) is 13.3. The molecule has 1 heterocycles. The van der Waals surface area contributed by atoms with Crippen molar-refractivity contribution in [2.45, 2.75) is 38.3 Å². The summed E-state index contributed by atoms with van der Waals surface area (Å²) in [5.41, 5.74) is 0.0424. The van der Waals surface area contributed by atoms with Gasteiger partial charge < -0.3 is 5.11 Å². The Morgan fingerprint density at radius 3 is 2.61 bits per heavy atom. The molecule has 0 saturated carbocycles. The summed E-state index contributed by atoms with van der Waals surface area (Å²) < 4.78 is 0. The maximum absolute atomic E-state index is 12.1. The number of rotatable bonds is 2. The fourth-order valence-corrected chi connectivity index (χ4v) is 2.78. The smallest absolute Gasteiger partial charge is 0.408 e. The van der Waals surface area contributed by atoms with E-state index in [-0.39, 0.29) is 11.8 Å². The molecule has 0 unspecified atom stereocenters. The fraction of sp³-hybridized carbons (Fsp3) is 0.429. The summed E-state index contributed by atoms with van der Waals surface area (Å²) >= 11 is 0. The van der Waals surface area contributed by atoms with Gasteiger partial charge >= 0.3 is 6.09 Å². The van der Waals surface area contributed by atoms with Gasteiger partial charge in [0, 0.05) is 18.9 Å². The maximum atomic E-state index is 12.1. The zero-order valence-electron chi connectivity index (χ0n) is 10.6. The molecule has 0 aromatic heterocycles. The van der Waals surface area contributed by atoms with Crippen molar-refractivity contribution in [3.63, 3.8) is 0 Å². The summed E-state index contributed by atoms with van der Waals surface area (Å²) in [6.45, 7) is 3.50. The molecule has 2 rings (SSSR count). The van der Waals surface area contributed by atoms with Crippen LogP contribution in [-0.2, 0) is 11.2 Å². The molecule has 1 amide bonds. The lowest BCUT2D eigenvalue weighted by atomic mass is 9.89. The minimum absolute atomic E-state index is 0.00116. The first kappa shape index (κ1) is 12.6. The highest BCUT2D eigenvalue weighted by molar-refractivity contribution is 5.95. The standard InChI is InChI=1S/C14H17NO3/c1-10-8-12(16)14(2,15(10)13(17)18)9-11-6-4-3-5-7-11/h3-7,10H,8-9H2,1-2H3,(H,17,18)/t10-,14+/m1/s1. The van der Waals surface area contributed by atoms with Crippen molar-refractivity contribution in [1.29, 1.82) is 0 Å². The Morgan fingerprint density at radius 2 is 2.06 bits per heavy atom. The number of Topliss-reactive ketones (excluding diaryl/α,β-unsaturated/α-hetero) is 1. The van der Waals surface area contributed by atoms with Gasteiger partial charge in [0.05, 0.1) is 0 Å². The summed E-state index contributed by atoms with van der Waals surface area (Å²) in [6.07, 6.45) is -0.286. The highest BCUT2D eigenvalue weighted by Crippen LogP contribution is 2.33. The Morgan fingerprint density at radius 1 is 1.44 bits per heavy atom. The molecule has 0 spiro atoms. The van der Waals surface area contributed by atoms with E-state index in [1.807, 2.05) is 30.3 Å². The van der Waals surface area contributed by atoms with Gasteiger partial charge in [-0.2, -0.15) is 0 Å². The van der Waals surface area contributed by atoms with E-state index in [1.54, 1.807) is 13.8 Å². The van der Waals surface area contributed by atoms with Crippen LogP contribution < -0.4 is 0 Å². The van der Waals surface area contributed by atoms with Gasteiger partial charge in [-0.05, 0) is 19.4 Å². The number of hydrogen-bond donors (Lipinski definition) is 1. The largest absolute Gasteiger partial charge is 0.465 e. The molecule has 0 aliphatic carbocycles. The number of amides is 1. The van der Waals surface area contributed by atoms with Crippen molar-refractivity contribution in [2.75, 3.05) is 0 Å². The molecule has 1 aromatic carbocycles. The maximum Gasteiger partial charge on any atom is 0.408 e. The number of ketones is 1. The lowest BCUT2D eigenvalue weighted by Gasteiger charge is -2.34. The van der Waals surface area contributed by atoms with E-state index in [9.17, 15) is 14.7 Å². The quantitative estimate of drug-likeness (QED) is 0.872. The van der Waals surface area contributed by atoms with E-state index in [0.717, 1.165) is 5.56 Å². The number of carbonyl (C=O) groups is 2. The Hall–Kier alpha value is -1.84. The van der Waals surface area contributed by atoms with E-state index < -0.39 is 11.6 Å². The Labute approximate surface area is 106 Å². The third kappa shape index (κ3) is 1.98. The molecule has 2 atom stereocenters. The molecule has 1 aliphatic rings. The van der Waals surface area contributed by atoms with Crippen LogP contribution in [0.4, 0.5) is 4.79 Å². The molecule has 1 N–H and O–H groups in total. The van der Waals surface area contributed by atoms with Gasteiger partial charge in [0.1, 0.15) is 5.54 Å². The molecule has 1 saturated heterocycles. The van der Waals surface area contributed by atoms with Crippen LogP contribution >= 0.6 is 0 Å². The van der Waals surface area contributed by atoms with E-state index >= 15 is 0 Å². The molecule has 96 valence electrons. The summed E-state index contributed by atoms with van der Waals surface area (Å²) in [4.78, 5) is 24.8. The summed E-state index contributed by atoms with van der Waals surface area (Å²) in [6, 6.07) is 9.28. The highest BCUT2D eigenvalue weighted by Gasteiger charge is 2.50. The molecule has 4 heteroatoms. The average Bonchev–Trinajstić information content (AvgIpc) is 2.50. The number of carbonyl (C=O) groups excluding carboxylic acids is 1. The fourth-order valence-electron chi connectivity index (χ4n) is 2.78. The number of carboxylic acid groups (broad SMARTS) is 1. The second-order valence-corrected chi connectivity index (χ2v) is 5.07. The normalized spacial score (nSPS) is 27.6. The summed E-state index contributed by atoms with van der Waals surface area (Å²) in [5, 5.41) is 9.29. The minimum atomic E-state index is -1.02. The van der Waals surface area contributed by atoms with Crippen LogP contribution in [0.1, 0.15) is 25.8 Å². The SMILES string of the molecule is C[C@@H]1CC(=O)[C@](C)(Cc2ccccc2)N1C(=O)O. The van der Waals surface area contributed by atoms with Crippen molar-refractivity contribution < 1.29 is 14.7 Å². The average molecular weight is 247 g/mol. The highest BCUT2D eigenvalue weighted by atomic mass is 16.4. The van der Waals surface area contributed by atoms with E-state index in [4.69, 9.17) is 0 Å². The van der Waals surface area contributed by atoms with Crippen LogP contribution in [0, 0.1) is 0 Å². The van der Waals surface area contributed by atoms with Crippen molar-refractivity contribution in [1.82, 2.24) is 4.90 Å². The number of nitrogens with zero attached hydrogens (tertiary/aromatic N) is 1. The van der Waals surface area contributed by atoms with Gasteiger partial charge in [0.15, 0.2) is 5.78 Å². The second kappa shape index (κ2) is 4.44. The van der Waals surface area contributed by atoms with E-state index in [0.29, 0.717) is 12.8 Å². The van der Waals surface area contributed by atoms with Crippen LogP contribution in [0.2, 0.25) is 0 Å². The van der Waals surface area contributed by atoms with Crippen molar-refractivity contribution >= 4 is 11.9 Å². The molecule has 18 heavy (non-hydrogen) atoms. The first-order valence-electron chi connectivity index (χ1n) is 6.04. The molecule has 1 aromatic rings. The monoisotopic (exact) mass is 247 g/mol. The molecule has 1 aliphatic heterocycles. The third-order valence-electron chi connectivity index (χ3n) is 3.65. The zero-order valence-corrected chi connectivity index (χ0v) is 10.6. The number of likely N-dealkylation sites (tertiary alicyclic amines) is 1. The third-order valence-corrected chi connectivity index (χ3v) is 3.65. The Bertz CT molecular complexity index is 471. The molecule has 4 nitrogen and oxygen atoms in total. The molecule has 0 bridgehead atoms. The first-order valence-corrected chi connectivity index (χ1v) is 6.04. The van der Waals surface area contributed by atoms with Crippen molar-refractivity contribution in [3.05, 3.63) is 35.9 Å². The van der Waals surface area contributed by atoms with Gasteiger partial charge in [-0.15, -0.1) is 0 Å². The van der Waals surface area contributed by atoms with Gasteiger partial charge in [-0.1, -0.05) is 30.3 Å². The second-order valence-electron chi connectivity index (χ2n) is 5.07. The molecular weight excluding hydrogens is 230 g/mol. The van der Waals surface area contributed by atoms with Crippen LogP contribution in [0.5, 0.6) is 0 Å². The lowest BCUT2D eigenvalue weighted by molar-refractivity contribution is -0.123. The molecule has 0 radical (unpaired) electrons. The minimum Gasteiger partial charge on any atom is -0.465 e.